The first-order valence-electron chi connectivity index (χ1n) is 7.39. The van der Waals surface area contributed by atoms with Crippen LogP contribution >= 0.6 is 0 Å². The number of fused-ring (bicyclic) bond motifs is 2. The maximum Gasteiger partial charge on any atom is 0.134 e. The van der Waals surface area contributed by atoms with Crippen molar-refractivity contribution in [2.45, 2.75) is 24.8 Å². The molecular formula is C18H18N2O. The number of hydrogen-bond acceptors (Lipinski definition) is 3. The molecule has 0 saturated carbocycles. The molecule has 21 heavy (non-hydrogen) atoms. The van der Waals surface area contributed by atoms with Gasteiger partial charge < -0.3 is 4.42 Å². The zero-order chi connectivity index (χ0) is 14.2. The Bertz CT molecular complexity index is 744. The smallest absolute Gasteiger partial charge is 0.134 e. The van der Waals surface area contributed by atoms with Crippen molar-refractivity contribution < 1.29 is 4.42 Å². The van der Waals surface area contributed by atoms with E-state index in [0.29, 0.717) is 5.92 Å². The summed E-state index contributed by atoms with van der Waals surface area (Å²) < 4.78 is 6.01. The average Bonchev–Trinajstić information content (AvgIpc) is 3.13. The van der Waals surface area contributed by atoms with Gasteiger partial charge in [-0.1, -0.05) is 42.5 Å². The molecule has 1 aliphatic carbocycles. The highest BCUT2D eigenvalue weighted by molar-refractivity contribution is 5.77. The Morgan fingerprint density at radius 3 is 2.76 bits per heavy atom. The molecule has 0 bridgehead atoms. The zero-order valence-electron chi connectivity index (χ0n) is 11.8. The molecule has 0 spiro atoms. The summed E-state index contributed by atoms with van der Waals surface area (Å²) in [5, 5.41) is 1.12. The Kier molecular flexibility index (Phi) is 3.02. The number of para-hydroxylation sites is 1. The van der Waals surface area contributed by atoms with Crippen LogP contribution in [-0.2, 0) is 6.42 Å². The van der Waals surface area contributed by atoms with Crippen LogP contribution in [0.5, 0.6) is 0 Å². The van der Waals surface area contributed by atoms with Gasteiger partial charge in [0.15, 0.2) is 0 Å². The minimum Gasteiger partial charge on any atom is -0.459 e. The predicted molar refractivity (Wildman–Crippen MR) is 83.8 cm³/mol. The van der Waals surface area contributed by atoms with Crippen LogP contribution in [0, 0.1) is 0 Å². The van der Waals surface area contributed by atoms with Crippen LogP contribution < -0.4 is 11.3 Å². The molecule has 0 saturated heterocycles. The highest BCUT2D eigenvalue weighted by atomic mass is 16.3. The molecule has 106 valence electrons. The molecule has 1 heterocycles. The van der Waals surface area contributed by atoms with Crippen molar-refractivity contribution in [2.24, 2.45) is 5.84 Å². The molecule has 0 radical (unpaired) electrons. The molecule has 2 unspecified atom stereocenters. The maximum atomic E-state index is 6.01. The van der Waals surface area contributed by atoms with Crippen molar-refractivity contribution >= 4 is 11.0 Å². The lowest BCUT2D eigenvalue weighted by molar-refractivity contribution is 0.379. The van der Waals surface area contributed by atoms with Crippen molar-refractivity contribution in [1.29, 1.82) is 0 Å². The summed E-state index contributed by atoms with van der Waals surface area (Å²) in [5.41, 5.74) is 6.70. The van der Waals surface area contributed by atoms with Gasteiger partial charge in [0, 0.05) is 11.3 Å². The highest BCUT2D eigenvalue weighted by Gasteiger charge is 2.31. The minimum absolute atomic E-state index is 0.0149. The van der Waals surface area contributed by atoms with Gasteiger partial charge >= 0.3 is 0 Å². The third-order valence-corrected chi connectivity index (χ3v) is 4.51. The van der Waals surface area contributed by atoms with Gasteiger partial charge in [0.25, 0.3) is 0 Å². The first kappa shape index (κ1) is 12.6. The monoisotopic (exact) mass is 278 g/mol. The SMILES string of the molecule is NNC(c1cc2ccccc2o1)C1CCc2ccccc21. The summed E-state index contributed by atoms with van der Waals surface area (Å²) in [6.07, 6.45) is 2.21. The molecule has 1 aromatic heterocycles. The van der Waals surface area contributed by atoms with E-state index in [0.717, 1.165) is 29.6 Å². The van der Waals surface area contributed by atoms with Gasteiger partial charge in [-0.25, -0.2) is 5.43 Å². The van der Waals surface area contributed by atoms with Crippen LogP contribution in [0.3, 0.4) is 0 Å². The van der Waals surface area contributed by atoms with E-state index in [1.54, 1.807) is 0 Å². The fourth-order valence-electron chi connectivity index (χ4n) is 3.49. The Labute approximate surface area is 123 Å². The molecule has 2 atom stereocenters. The van der Waals surface area contributed by atoms with Gasteiger partial charge in [0.1, 0.15) is 11.3 Å². The van der Waals surface area contributed by atoms with Crippen LogP contribution in [-0.4, -0.2) is 0 Å². The quantitative estimate of drug-likeness (QED) is 0.568. The van der Waals surface area contributed by atoms with Crippen LogP contribution in [0.1, 0.15) is 35.3 Å². The molecule has 3 nitrogen and oxygen atoms in total. The van der Waals surface area contributed by atoms with Crippen LogP contribution in [0.4, 0.5) is 0 Å². The Morgan fingerprint density at radius 2 is 1.90 bits per heavy atom. The molecule has 0 fully saturated rings. The third kappa shape index (κ3) is 2.06. The number of hydrogen-bond donors (Lipinski definition) is 2. The lowest BCUT2D eigenvalue weighted by atomic mass is 9.92. The Morgan fingerprint density at radius 1 is 1.10 bits per heavy atom. The van der Waals surface area contributed by atoms with E-state index in [2.05, 4.69) is 41.8 Å². The summed E-state index contributed by atoms with van der Waals surface area (Å²) in [6.45, 7) is 0. The van der Waals surface area contributed by atoms with E-state index >= 15 is 0 Å². The van der Waals surface area contributed by atoms with Crippen molar-refractivity contribution in [2.75, 3.05) is 0 Å². The summed E-state index contributed by atoms with van der Waals surface area (Å²) in [5.74, 6) is 7.14. The summed E-state index contributed by atoms with van der Waals surface area (Å²) in [4.78, 5) is 0. The third-order valence-electron chi connectivity index (χ3n) is 4.51. The lowest BCUT2D eigenvalue weighted by Crippen LogP contribution is -2.31. The van der Waals surface area contributed by atoms with E-state index < -0.39 is 0 Å². The van der Waals surface area contributed by atoms with Gasteiger partial charge in [-0.05, 0) is 36.1 Å². The number of benzene rings is 2. The molecule has 3 N–H and O–H groups in total. The van der Waals surface area contributed by atoms with Crippen LogP contribution in [0.25, 0.3) is 11.0 Å². The molecule has 1 aliphatic rings. The van der Waals surface area contributed by atoms with Crippen molar-refractivity contribution in [1.82, 2.24) is 5.43 Å². The van der Waals surface area contributed by atoms with E-state index in [-0.39, 0.29) is 6.04 Å². The number of nitrogens with one attached hydrogen (secondary N) is 1. The summed E-state index contributed by atoms with van der Waals surface area (Å²) >= 11 is 0. The second-order valence-electron chi connectivity index (χ2n) is 5.67. The first-order chi connectivity index (χ1) is 10.4. The summed E-state index contributed by atoms with van der Waals surface area (Å²) in [6, 6.07) is 18.8. The van der Waals surface area contributed by atoms with E-state index in [1.807, 2.05) is 18.2 Å². The molecule has 3 heteroatoms. The lowest BCUT2D eigenvalue weighted by Gasteiger charge is -2.21. The van der Waals surface area contributed by atoms with Gasteiger partial charge in [-0.2, -0.15) is 0 Å². The highest BCUT2D eigenvalue weighted by Crippen LogP contribution is 2.42. The molecule has 3 aromatic rings. The molecular weight excluding hydrogens is 260 g/mol. The van der Waals surface area contributed by atoms with Crippen molar-refractivity contribution in [3.05, 3.63) is 71.5 Å². The summed E-state index contributed by atoms with van der Waals surface area (Å²) in [7, 11) is 0. The number of hydrazine groups is 1. The molecule has 2 aromatic carbocycles. The van der Waals surface area contributed by atoms with E-state index in [1.165, 1.54) is 11.1 Å². The topological polar surface area (TPSA) is 51.2 Å². The number of furan rings is 1. The van der Waals surface area contributed by atoms with Crippen molar-refractivity contribution in [3.8, 4) is 0 Å². The number of nitrogens with two attached hydrogens (primary N) is 1. The van der Waals surface area contributed by atoms with Gasteiger partial charge in [0.2, 0.25) is 0 Å². The van der Waals surface area contributed by atoms with Crippen LogP contribution in [0.2, 0.25) is 0 Å². The molecule has 0 amide bonds. The van der Waals surface area contributed by atoms with Gasteiger partial charge in [0.05, 0.1) is 6.04 Å². The second kappa shape index (κ2) is 5.02. The number of aryl methyl sites for hydroxylation is 1. The molecule has 4 rings (SSSR count). The fourth-order valence-corrected chi connectivity index (χ4v) is 3.49. The van der Waals surface area contributed by atoms with E-state index in [9.17, 15) is 0 Å². The van der Waals surface area contributed by atoms with Gasteiger partial charge in [-0.3, -0.25) is 5.84 Å². The largest absolute Gasteiger partial charge is 0.459 e. The standard InChI is InChI=1S/C18H18N2O/c19-20-18(15-10-9-12-5-1-3-7-14(12)15)17-11-13-6-2-4-8-16(13)21-17/h1-8,11,15,18,20H,9-10,19H2. The average molecular weight is 278 g/mol. The maximum absolute atomic E-state index is 6.01. The van der Waals surface area contributed by atoms with Crippen LogP contribution in [0.15, 0.2) is 59.0 Å². The molecule has 0 aliphatic heterocycles. The van der Waals surface area contributed by atoms with Gasteiger partial charge in [-0.15, -0.1) is 0 Å². The Balaban J connectivity index is 1.75. The normalized spacial score (nSPS) is 18.8. The van der Waals surface area contributed by atoms with Crippen molar-refractivity contribution in [3.63, 3.8) is 0 Å². The Hall–Kier alpha value is -2.10. The fraction of sp³-hybridized carbons (Fsp3) is 0.222. The minimum atomic E-state index is 0.0149. The second-order valence-corrected chi connectivity index (χ2v) is 5.67. The first-order valence-corrected chi connectivity index (χ1v) is 7.39. The zero-order valence-corrected chi connectivity index (χ0v) is 11.8. The number of rotatable bonds is 3. The van der Waals surface area contributed by atoms with E-state index in [4.69, 9.17) is 10.3 Å². The predicted octanol–water partition coefficient (Wildman–Crippen LogP) is 3.67.